The molecular formula is C21H30N2O6. The number of amides is 2. The van der Waals surface area contributed by atoms with Crippen LogP contribution in [-0.2, 0) is 19.1 Å². The third-order valence-corrected chi connectivity index (χ3v) is 4.31. The molecule has 1 aromatic rings. The summed E-state index contributed by atoms with van der Waals surface area (Å²) < 4.78 is 16.0. The SMILES string of the molecule is CCOCCOc1cccc(C(=O)N2CCNC(=O)C2CC(=O)OCC(C)C)c1. The number of nitrogens with zero attached hydrogens (tertiary/aromatic N) is 1. The maximum Gasteiger partial charge on any atom is 0.308 e. The first-order valence-electron chi connectivity index (χ1n) is 9.97. The summed E-state index contributed by atoms with van der Waals surface area (Å²) >= 11 is 0. The van der Waals surface area contributed by atoms with Gasteiger partial charge in [-0.1, -0.05) is 19.9 Å². The molecule has 0 aliphatic carbocycles. The molecule has 1 fully saturated rings. The third kappa shape index (κ3) is 7.05. The Morgan fingerprint density at radius 3 is 2.79 bits per heavy atom. The van der Waals surface area contributed by atoms with Gasteiger partial charge in [-0.2, -0.15) is 0 Å². The van der Waals surface area contributed by atoms with Crippen LogP contribution in [0.1, 0.15) is 37.6 Å². The van der Waals surface area contributed by atoms with E-state index in [0.29, 0.717) is 44.2 Å². The number of ether oxygens (including phenoxy) is 3. The number of benzene rings is 1. The van der Waals surface area contributed by atoms with Gasteiger partial charge in [0.1, 0.15) is 18.4 Å². The Morgan fingerprint density at radius 1 is 1.28 bits per heavy atom. The molecule has 1 aliphatic heterocycles. The summed E-state index contributed by atoms with van der Waals surface area (Å²) in [5, 5.41) is 2.71. The Kier molecular flexibility index (Phi) is 8.92. The first kappa shape index (κ1) is 22.7. The van der Waals surface area contributed by atoms with Crippen LogP contribution in [0, 0.1) is 5.92 Å². The highest BCUT2D eigenvalue weighted by Gasteiger charge is 2.35. The van der Waals surface area contributed by atoms with E-state index in [1.807, 2.05) is 20.8 Å². The summed E-state index contributed by atoms with van der Waals surface area (Å²) in [5.41, 5.74) is 0.397. The summed E-state index contributed by atoms with van der Waals surface area (Å²) in [6.45, 7) is 8.16. The van der Waals surface area contributed by atoms with Crippen molar-refractivity contribution >= 4 is 17.8 Å². The highest BCUT2D eigenvalue weighted by atomic mass is 16.5. The van der Waals surface area contributed by atoms with Crippen molar-refractivity contribution in [3.63, 3.8) is 0 Å². The summed E-state index contributed by atoms with van der Waals surface area (Å²) in [4.78, 5) is 38.9. The Hall–Kier alpha value is -2.61. The molecule has 0 saturated carbocycles. The largest absolute Gasteiger partial charge is 0.491 e. The minimum atomic E-state index is -0.890. The third-order valence-electron chi connectivity index (χ3n) is 4.31. The molecule has 0 aromatic heterocycles. The van der Waals surface area contributed by atoms with E-state index in [1.165, 1.54) is 4.90 Å². The van der Waals surface area contributed by atoms with Crippen LogP contribution < -0.4 is 10.1 Å². The van der Waals surface area contributed by atoms with Crippen molar-refractivity contribution in [2.75, 3.05) is 39.5 Å². The number of rotatable bonds is 10. The fourth-order valence-electron chi connectivity index (χ4n) is 2.88. The molecule has 0 bridgehead atoms. The molecule has 1 N–H and O–H groups in total. The van der Waals surface area contributed by atoms with Crippen molar-refractivity contribution in [2.45, 2.75) is 33.2 Å². The fourth-order valence-corrected chi connectivity index (χ4v) is 2.88. The molecule has 29 heavy (non-hydrogen) atoms. The highest BCUT2D eigenvalue weighted by Crippen LogP contribution is 2.19. The lowest BCUT2D eigenvalue weighted by Crippen LogP contribution is -2.57. The molecule has 160 valence electrons. The second-order valence-corrected chi connectivity index (χ2v) is 7.16. The van der Waals surface area contributed by atoms with Gasteiger partial charge in [-0.25, -0.2) is 0 Å². The lowest BCUT2D eigenvalue weighted by Gasteiger charge is -2.34. The van der Waals surface area contributed by atoms with Gasteiger partial charge in [0.25, 0.3) is 5.91 Å². The van der Waals surface area contributed by atoms with Gasteiger partial charge in [-0.05, 0) is 31.0 Å². The number of hydrogen-bond donors (Lipinski definition) is 1. The number of carbonyl (C=O) groups excluding carboxylic acids is 3. The number of carbonyl (C=O) groups is 3. The smallest absolute Gasteiger partial charge is 0.308 e. The van der Waals surface area contributed by atoms with Gasteiger partial charge < -0.3 is 24.4 Å². The molecule has 1 aliphatic rings. The van der Waals surface area contributed by atoms with Crippen LogP contribution in [-0.4, -0.2) is 68.2 Å². The predicted octanol–water partition coefficient (Wildman–Crippen LogP) is 1.63. The summed E-state index contributed by atoms with van der Waals surface area (Å²) in [5.74, 6) is -0.425. The maximum atomic E-state index is 13.0. The lowest BCUT2D eigenvalue weighted by molar-refractivity contribution is -0.148. The van der Waals surface area contributed by atoms with E-state index in [2.05, 4.69) is 5.32 Å². The molecule has 2 amide bonds. The quantitative estimate of drug-likeness (QED) is 0.469. The Morgan fingerprint density at radius 2 is 2.07 bits per heavy atom. The van der Waals surface area contributed by atoms with E-state index in [0.717, 1.165) is 0 Å². The van der Waals surface area contributed by atoms with Gasteiger partial charge in [0, 0.05) is 25.3 Å². The number of esters is 1. The molecule has 1 unspecified atom stereocenters. The maximum absolute atomic E-state index is 13.0. The fraction of sp³-hybridized carbons (Fsp3) is 0.571. The Labute approximate surface area is 171 Å². The minimum Gasteiger partial charge on any atom is -0.491 e. The first-order valence-corrected chi connectivity index (χ1v) is 9.97. The predicted molar refractivity (Wildman–Crippen MR) is 107 cm³/mol. The molecule has 1 aromatic carbocycles. The second kappa shape index (κ2) is 11.4. The normalized spacial score (nSPS) is 16.5. The van der Waals surface area contributed by atoms with Crippen molar-refractivity contribution in [1.82, 2.24) is 10.2 Å². The Bertz CT molecular complexity index is 706. The van der Waals surface area contributed by atoms with Gasteiger partial charge in [-0.3, -0.25) is 14.4 Å². The Balaban J connectivity index is 2.06. The molecule has 1 saturated heterocycles. The standard InChI is InChI=1S/C21H30N2O6/c1-4-27-10-11-28-17-7-5-6-16(12-17)21(26)23-9-8-22-20(25)18(23)13-19(24)29-14-15(2)3/h5-7,12,15,18H,4,8-11,13-14H2,1-3H3,(H,22,25). The zero-order chi connectivity index (χ0) is 21.2. The van der Waals surface area contributed by atoms with E-state index in [-0.39, 0.29) is 30.8 Å². The van der Waals surface area contributed by atoms with E-state index >= 15 is 0 Å². The minimum absolute atomic E-state index is 0.172. The van der Waals surface area contributed by atoms with Crippen LogP contribution in [0.3, 0.4) is 0 Å². The topological polar surface area (TPSA) is 94.2 Å². The second-order valence-electron chi connectivity index (χ2n) is 7.16. The highest BCUT2D eigenvalue weighted by molar-refractivity contribution is 5.99. The van der Waals surface area contributed by atoms with Crippen LogP contribution in [0.5, 0.6) is 5.75 Å². The molecular weight excluding hydrogens is 376 g/mol. The van der Waals surface area contributed by atoms with Gasteiger partial charge in [0.15, 0.2) is 0 Å². The summed E-state index contributed by atoms with van der Waals surface area (Å²) in [7, 11) is 0. The van der Waals surface area contributed by atoms with E-state index in [9.17, 15) is 14.4 Å². The molecule has 8 nitrogen and oxygen atoms in total. The van der Waals surface area contributed by atoms with Crippen LogP contribution in [0.15, 0.2) is 24.3 Å². The van der Waals surface area contributed by atoms with Gasteiger partial charge >= 0.3 is 5.97 Å². The summed E-state index contributed by atoms with van der Waals surface area (Å²) in [6.07, 6.45) is -0.172. The lowest BCUT2D eigenvalue weighted by atomic mass is 10.1. The van der Waals surface area contributed by atoms with Crippen molar-refractivity contribution < 1.29 is 28.6 Å². The number of hydrogen-bond acceptors (Lipinski definition) is 6. The average Bonchev–Trinajstić information content (AvgIpc) is 2.71. The van der Waals surface area contributed by atoms with E-state index in [1.54, 1.807) is 24.3 Å². The zero-order valence-electron chi connectivity index (χ0n) is 17.3. The van der Waals surface area contributed by atoms with E-state index in [4.69, 9.17) is 14.2 Å². The molecule has 0 radical (unpaired) electrons. The first-order chi connectivity index (χ1) is 13.9. The number of piperazine rings is 1. The van der Waals surface area contributed by atoms with E-state index < -0.39 is 12.0 Å². The molecule has 2 rings (SSSR count). The molecule has 8 heteroatoms. The molecule has 1 heterocycles. The van der Waals surface area contributed by atoms with Crippen molar-refractivity contribution in [1.29, 1.82) is 0 Å². The average molecular weight is 406 g/mol. The van der Waals surface area contributed by atoms with Gasteiger partial charge in [0.05, 0.1) is 19.6 Å². The summed E-state index contributed by atoms with van der Waals surface area (Å²) in [6, 6.07) is 5.89. The molecule has 0 spiro atoms. The number of nitrogens with one attached hydrogen (secondary N) is 1. The van der Waals surface area contributed by atoms with Crippen LogP contribution >= 0.6 is 0 Å². The van der Waals surface area contributed by atoms with Gasteiger partial charge in [0.2, 0.25) is 5.91 Å². The van der Waals surface area contributed by atoms with Crippen LogP contribution in [0.2, 0.25) is 0 Å². The zero-order valence-corrected chi connectivity index (χ0v) is 17.3. The van der Waals surface area contributed by atoms with Crippen LogP contribution in [0.4, 0.5) is 0 Å². The van der Waals surface area contributed by atoms with Gasteiger partial charge in [-0.15, -0.1) is 0 Å². The van der Waals surface area contributed by atoms with Crippen molar-refractivity contribution in [3.05, 3.63) is 29.8 Å². The van der Waals surface area contributed by atoms with Crippen LogP contribution in [0.25, 0.3) is 0 Å². The monoisotopic (exact) mass is 406 g/mol. The molecule has 1 atom stereocenters. The van der Waals surface area contributed by atoms with Crippen molar-refractivity contribution in [3.8, 4) is 5.75 Å². The van der Waals surface area contributed by atoms with Crippen molar-refractivity contribution in [2.24, 2.45) is 5.92 Å².